The van der Waals surface area contributed by atoms with Crippen molar-refractivity contribution in [1.82, 2.24) is 15.1 Å². The maximum absolute atomic E-state index is 12.4. The maximum atomic E-state index is 12.4. The molecule has 5 nitrogen and oxygen atoms in total. The molecular formula is C15H19N3O2. The van der Waals surface area contributed by atoms with Gasteiger partial charge in [-0.1, -0.05) is 32.0 Å². The molecule has 0 bridgehead atoms. The number of nitrogens with one attached hydrogen (secondary N) is 1. The van der Waals surface area contributed by atoms with Crippen molar-refractivity contribution >= 4 is 16.7 Å². The lowest BCUT2D eigenvalue weighted by Gasteiger charge is -2.15. The van der Waals surface area contributed by atoms with Gasteiger partial charge in [-0.3, -0.25) is 9.59 Å². The molecule has 20 heavy (non-hydrogen) atoms. The molecule has 0 unspecified atom stereocenters. The third-order valence-electron chi connectivity index (χ3n) is 3.49. The predicted octanol–water partition coefficient (Wildman–Crippen LogP) is 1.85. The summed E-state index contributed by atoms with van der Waals surface area (Å²) < 4.78 is 1.21. The van der Waals surface area contributed by atoms with E-state index in [4.69, 9.17) is 0 Å². The minimum Gasteiger partial charge on any atom is -0.348 e. The molecule has 0 saturated carbocycles. The first-order valence-corrected chi connectivity index (χ1v) is 6.85. The highest BCUT2D eigenvalue weighted by molar-refractivity contribution is 6.04. The average molecular weight is 273 g/mol. The summed E-state index contributed by atoms with van der Waals surface area (Å²) in [4.78, 5) is 24.4. The number of carbonyl (C=O) groups is 1. The number of hydrogen-bond donors (Lipinski definition) is 1. The molecule has 0 aliphatic carbocycles. The number of carbonyl (C=O) groups excluding carboxylic acids is 1. The van der Waals surface area contributed by atoms with Gasteiger partial charge in [0.25, 0.3) is 11.5 Å². The van der Waals surface area contributed by atoms with Crippen LogP contribution in [0.5, 0.6) is 0 Å². The van der Waals surface area contributed by atoms with E-state index in [0.717, 1.165) is 12.8 Å². The standard InChI is InChI=1S/C15H19N3O2/c1-4-10(5-2)16-14(19)13-11-8-6-7-9-12(11)15(20)18(3)17-13/h6-10H,4-5H2,1-3H3,(H,16,19). The number of rotatable bonds is 4. The molecule has 1 heterocycles. The zero-order chi connectivity index (χ0) is 14.7. The van der Waals surface area contributed by atoms with Crippen LogP contribution in [0.2, 0.25) is 0 Å². The summed E-state index contributed by atoms with van der Waals surface area (Å²) in [5, 5.41) is 8.18. The highest BCUT2D eigenvalue weighted by Gasteiger charge is 2.17. The van der Waals surface area contributed by atoms with E-state index < -0.39 is 0 Å². The molecule has 0 atom stereocenters. The molecule has 5 heteroatoms. The molecule has 0 fully saturated rings. The molecule has 0 spiro atoms. The molecule has 1 aromatic carbocycles. The molecule has 1 amide bonds. The van der Waals surface area contributed by atoms with Gasteiger partial charge in [0.05, 0.1) is 5.39 Å². The number of fused-ring (bicyclic) bond motifs is 1. The van der Waals surface area contributed by atoms with Crippen molar-refractivity contribution in [2.45, 2.75) is 32.7 Å². The molecular weight excluding hydrogens is 254 g/mol. The topological polar surface area (TPSA) is 64.0 Å². The summed E-state index contributed by atoms with van der Waals surface area (Å²) >= 11 is 0. The third-order valence-corrected chi connectivity index (χ3v) is 3.49. The SMILES string of the molecule is CCC(CC)NC(=O)c1nn(C)c(=O)c2ccccc12. The van der Waals surface area contributed by atoms with Gasteiger partial charge in [0, 0.05) is 18.5 Å². The minimum absolute atomic E-state index is 0.125. The summed E-state index contributed by atoms with van der Waals surface area (Å²) in [5.41, 5.74) is 0.106. The highest BCUT2D eigenvalue weighted by atomic mass is 16.2. The van der Waals surface area contributed by atoms with Crippen LogP contribution in [0.1, 0.15) is 37.2 Å². The van der Waals surface area contributed by atoms with Crippen molar-refractivity contribution < 1.29 is 4.79 Å². The number of nitrogens with zero attached hydrogens (tertiary/aromatic N) is 2. The van der Waals surface area contributed by atoms with Crippen LogP contribution in [-0.4, -0.2) is 21.7 Å². The van der Waals surface area contributed by atoms with E-state index in [0.29, 0.717) is 16.5 Å². The van der Waals surface area contributed by atoms with Crippen LogP contribution in [-0.2, 0) is 7.05 Å². The molecule has 2 aromatic rings. The van der Waals surface area contributed by atoms with E-state index in [1.807, 2.05) is 13.8 Å². The summed E-state index contributed by atoms with van der Waals surface area (Å²) in [7, 11) is 1.56. The number of amides is 1. The van der Waals surface area contributed by atoms with Crippen LogP contribution < -0.4 is 10.9 Å². The van der Waals surface area contributed by atoms with Crippen molar-refractivity contribution in [3.05, 3.63) is 40.3 Å². The Morgan fingerprint density at radius 2 is 1.85 bits per heavy atom. The first kappa shape index (κ1) is 14.2. The number of aromatic nitrogens is 2. The Morgan fingerprint density at radius 1 is 1.25 bits per heavy atom. The summed E-state index contributed by atoms with van der Waals surface area (Å²) in [6, 6.07) is 7.18. The smallest absolute Gasteiger partial charge is 0.274 e. The molecule has 0 aliphatic rings. The van der Waals surface area contributed by atoms with Gasteiger partial charge in [-0.2, -0.15) is 5.10 Å². The van der Waals surface area contributed by atoms with Gasteiger partial charge >= 0.3 is 0 Å². The van der Waals surface area contributed by atoms with Crippen LogP contribution in [0.4, 0.5) is 0 Å². The van der Waals surface area contributed by atoms with E-state index in [2.05, 4.69) is 10.4 Å². The molecule has 1 N–H and O–H groups in total. The second-order valence-electron chi connectivity index (χ2n) is 4.81. The number of hydrogen-bond acceptors (Lipinski definition) is 3. The fourth-order valence-electron chi connectivity index (χ4n) is 2.21. The van der Waals surface area contributed by atoms with Crippen LogP contribution >= 0.6 is 0 Å². The van der Waals surface area contributed by atoms with Crippen molar-refractivity contribution in [2.75, 3.05) is 0 Å². The van der Waals surface area contributed by atoms with Crippen molar-refractivity contribution in [1.29, 1.82) is 0 Å². The van der Waals surface area contributed by atoms with Gasteiger partial charge in [0.15, 0.2) is 5.69 Å². The van der Waals surface area contributed by atoms with Crippen LogP contribution in [0, 0.1) is 0 Å². The second kappa shape index (κ2) is 5.86. The monoisotopic (exact) mass is 273 g/mol. The fourth-order valence-corrected chi connectivity index (χ4v) is 2.21. The molecule has 0 saturated heterocycles. The highest BCUT2D eigenvalue weighted by Crippen LogP contribution is 2.13. The Balaban J connectivity index is 2.52. The van der Waals surface area contributed by atoms with Gasteiger partial charge in [-0.05, 0) is 18.9 Å². The molecule has 1 aromatic heterocycles. The zero-order valence-corrected chi connectivity index (χ0v) is 12.0. The molecule has 0 radical (unpaired) electrons. The molecule has 106 valence electrons. The first-order chi connectivity index (χ1) is 9.58. The summed E-state index contributed by atoms with van der Waals surface area (Å²) in [6.45, 7) is 4.06. The first-order valence-electron chi connectivity index (χ1n) is 6.85. The molecule has 0 aliphatic heterocycles. The zero-order valence-electron chi connectivity index (χ0n) is 12.0. The van der Waals surface area contributed by atoms with Crippen LogP contribution in [0.3, 0.4) is 0 Å². The van der Waals surface area contributed by atoms with E-state index in [-0.39, 0.29) is 17.5 Å². The Hall–Kier alpha value is -2.17. The summed E-state index contributed by atoms with van der Waals surface area (Å²) in [6.07, 6.45) is 1.73. The van der Waals surface area contributed by atoms with Gasteiger partial charge in [0.2, 0.25) is 0 Å². The van der Waals surface area contributed by atoms with Gasteiger partial charge < -0.3 is 5.32 Å². The lowest BCUT2D eigenvalue weighted by molar-refractivity contribution is 0.0929. The van der Waals surface area contributed by atoms with Crippen molar-refractivity contribution in [3.8, 4) is 0 Å². The van der Waals surface area contributed by atoms with E-state index in [1.54, 1.807) is 31.3 Å². The number of benzene rings is 1. The largest absolute Gasteiger partial charge is 0.348 e. The third kappa shape index (κ3) is 2.57. The number of aryl methyl sites for hydroxylation is 1. The Morgan fingerprint density at radius 3 is 2.45 bits per heavy atom. The van der Waals surface area contributed by atoms with Crippen molar-refractivity contribution in [2.24, 2.45) is 7.05 Å². The second-order valence-corrected chi connectivity index (χ2v) is 4.81. The normalized spacial score (nSPS) is 11.0. The Kier molecular flexibility index (Phi) is 4.17. The van der Waals surface area contributed by atoms with E-state index >= 15 is 0 Å². The van der Waals surface area contributed by atoms with Crippen LogP contribution in [0.15, 0.2) is 29.1 Å². The predicted molar refractivity (Wildman–Crippen MR) is 78.8 cm³/mol. The van der Waals surface area contributed by atoms with E-state index in [1.165, 1.54) is 4.68 Å². The average Bonchev–Trinajstić information content (AvgIpc) is 2.48. The van der Waals surface area contributed by atoms with Crippen molar-refractivity contribution in [3.63, 3.8) is 0 Å². The Bertz CT molecular complexity index is 687. The Labute approximate surface area is 117 Å². The van der Waals surface area contributed by atoms with E-state index in [9.17, 15) is 9.59 Å². The van der Waals surface area contributed by atoms with Gasteiger partial charge in [-0.25, -0.2) is 4.68 Å². The molecule has 2 rings (SSSR count). The lowest BCUT2D eigenvalue weighted by Crippen LogP contribution is -2.36. The van der Waals surface area contributed by atoms with Gasteiger partial charge in [-0.15, -0.1) is 0 Å². The fraction of sp³-hybridized carbons (Fsp3) is 0.400. The lowest BCUT2D eigenvalue weighted by atomic mass is 10.1. The minimum atomic E-state index is -0.231. The van der Waals surface area contributed by atoms with Crippen LogP contribution in [0.25, 0.3) is 10.8 Å². The maximum Gasteiger partial charge on any atom is 0.274 e. The van der Waals surface area contributed by atoms with Gasteiger partial charge in [0.1, 0.15) is 0 Å². The summed E-state index contributed by atoms with van der Waals surface area (Å²) in [5.74, 6) is -0.231. The quantitative estimate of drug-likeness (QED) is 0.924.